The Kier molecular flexibility index (Phi) is 13.4. The van der Waals surface area contributed by atoms with Gasteiger partial charge in [-0.25, -0.2) is 0 Å². The summed E-state index contributed by atoms with van der Waals surface area (Å²) in [6.07, 6.45) is 13.2. The van der Waals surface area contributed by atoms with Crippen molar-refractivity contribution in [2.24, 2.45) is 0 Å². The third kappa shape index (κ3) is 11.8. The maximum Gasteiger partial charge on any atom is 0.184 e. The summed E-state index contributed by atoms with van der Waals surface area (Å²) in [5, 5.41) is 29.9. The molecule has 28 heavy (non-hydrogen) atoms. The number of rotatable bonds is 15. The topological polar surface area (TPSA) is 99.1 Å². The Morgan fingerprint density at radius 1 is 1.07 bits per heavy atom. The summed E-state index contributed by atoms with van der Waals surface area (Å²) in [5.74, 6) is -1.12. The van der Waals surface area contributed by atoms with E-state index in [-0.39, 0.29) is 12.2 Å². The first-order chi connectivity index (χ1) is 13.4. The van der Waals surface area contributed by atoms with Crippen LogP contribution in [-0.4, -0.2) is 46.9 Å². The van der Waals surface area contributed by atoms with Gasteiger partial charge in [0.15, 0.2) is 6.29 Å². The van der Waals surface area contributed by atoms with Crippen LogP contribution in [0.25, 0.3) is 0 Å². The quantitative estimate of drug-likeness (QED) is 0.324. The van der Waals surface area contributed by atoms with Crippen LogP contribution in [0.3, 0.4) is 0 Å². The molecular formula is C22H39O6-. The van der Waals surface area contributed by atoms with E-state index in [1.165, 1.54) is 38.5 Å². The van der Waals surface area contributed by atoms with Gasteiger partial charge in [-0.15, -0.1) is 0 Å². The van der Waals surface area contributed by atoms with Crippen molar-refractivity contribution in [2.45, 2.75) is 122 Å². The van der Waals surface area contributed by atoms with Crippen LogP contribution < -0.4 is 5.11 Å². The van der Waals surface area contributed by atoms with Crippen LogP contribution in [0.4, 0.5) is 0 Å². The molecule has 2 N–H and O–H groups in total. The van der Waals surface area contributed by atoms with E-state index < -0.39 is 24.5 Å². The van der Waals surface area contributed by atoms with Crippen LogP contribution in [-0.2, 0) is 14.3 Å². The molecule has 0 aliphatic carbocycles. The van der Waals surface area contributed by atoms with Gasteiger partial charge in [-0.05, 0) is 39.2 Å². The van der Waals surface area contributed by atoms with Crippen molar-refractivity contribution in [1.82, 2.24) is 0 Å². The lowest BCUT2D eigenvalue weighted by Crippen LogP contribution is -2.48. The summed E-state index contributed by atoms with van der Waals surface area (Å²) in [5.41, 5.74) is 0. The van der Waals surface area contributed by atoms with E-state index in [4.69, 9.17) is 9.47 Å². The summed E-state index contributed by atoms with van der Waals surface area (Å²) in [7, 11) is 0. The molecular weight excluding hydrogens is 360 g/mol. The van der Waals surface area contributed by atoms with E-state index in [9.17, 15) is 20.1 Å². The molecule has 1 saturated heterocycles. The Balaban J connectivity index is 1.91. The second kappa shape index (κ2) is 15.0. The van der Waals surface area contributed by atoms with Crippen LogP contribution in [0.1, 0.15) is 90.9 Å². The second-order valence-electron chi connectivity index (χ2n) is 8.01. The van der Waals surface area contributed by atoms with Crippen molar-refractivity contribution in [3.05, 3.63) is 12.2 Å². The zero-order valence-electron chi connectivity index (χ0n) is 17.6. The van der Waals surface area contributed by atoms with E-state index in [2.05, 4.69) is 0 Å². The van der Waals surface area contributed by atoms with Crippen molar-refractivity contribution in [2.75, 3.05) is 0 Å². The summed E-state index contributed by atoms with van der Waals surface area (Å²) >= 11 is 0. The first kappa shape index (κ1) is 25.1. The molecule has 0 aromatic carbocycles. The van der Waals surface area contributed by atoms with Gasteiger partial charge in [0.1, 0.15) is 6.10 Å². The molecule has 1 fully saturated rings. The van der Waals surface area contributed by atoms with Crippen LogP contribution in [0.2, 0.25) is 0 Å². The Bertz CT molecular complexity index is 439. The lowest BCUT2D eigenvalue weighted by atomic mass is 10.0. The van der Waals surface area contributed by atoms with Crippen molar-refractivity contribution in [3.8, 4) is 0 Å². The Hall–Kier alpha value is -0.950. The summed E-state index contributed by atoms with van der Waals surface area (Å²) in [4.78, 5) is 10.2. The molecule has 0 aromatic rings. The number of carboxylic acids is 1. The molecule has 1 rings (SSSR count). The van der Waals surface area contributed by atoms with Gasteiger partial charge in [-0.3, -0.25) is 0 Å². The third-order valence-corrected chi connectivity index (χ3v) is 5.29. The van der Waals surface area contributed by atoms with E-state index >= 15 is 0 Å². The van der Waals surface area contributed by atoms with Crippen LogP contribution in [0.5, 0.6) is 0 Å². The van der Waals surface area contributed by atoms with E-state index in [1.807, 2.05) is 6.92 Å². The lowest BCUT2D eigenvalue weighted by molar-refractivity contribution is -0.297. The molecule has 1 heterocycles. The fourth-order valence-corrected chi connectivity index (χ4v) is 3.47. The standard InChI is InChI=1S/C22H40O6/c1-17(27-22-20(24)16-19(23)18(2)28-22)14-12-10-8-6-4-3-5-7-9-11-13-15-21(25)26/h13,15,17-20,22-24H,3-12,14,16H2,1-2H3,(H,25,26)/p-1/b15-13+/t17-,18+,19-,20-,22-/m1/s1. The average molecular weight is 400 g/mol. The molecule has 6 nitrogen and oxygen atoms in total. The minimum absolute atomic E-state index is 0.0352. The number of hydrogen-bond donors (Lipinski definition) is 2. The number of carboxylic acid groups (broad SMARTS) is 1. The number of hydrogen-bond acceptors (Lipinski definition) is 6. The van der Waals surface area contributed by atoms with Gasteiger partial charge in [-0.2, -0.15) is 0 Å². The van der Waals surface area contributed by atoms with Gasteiger partial charge < -0.3 is 29.6 Å². The number of carbonyl (C=O) groups is 1. The zero-order valence-corrected chi connectivity index (χ0v) is 17.6. The molecule has 164 valence electrons. The van der Waals surface area contributed by atoms with E-state index in [0.717, 1.165) is 38.2 Å². The van der Waals surface area contributed by atoms with Gasteiger partial charge in [0.25, 0.3) is 0 Å². The van der Waals surface area contributed by atoms with Crippen LogP contribution >= 0.6 is 0 Å². The number of aliphatic hydroxyl groups is 2. The minimum Gasteiger partial charge on any atom is -0.545 e. The first-order valence-electron chi connectivity index (χ1n) is 10.9. The highest BCUT2D eigenvalue weighted by Crippen LogP contribution is 2.23. The average Bonchev–Trinajstić information content (AvgIpc) is 2.63. The van der Waals surface area contributed by atoms with Gasteiger partial charge in [0, 0.05) is 6.42 Å². The van der Waals surface area contributed by atoms with Crippen molar-refractivity contribution >= 4 is 5.97 Å². The smallest absolute Gasteiger partial charge is 0.184 e. The monoisotopic (exact) mass is 399 g/mol. The molecule has 0 bridgehead atoms. The van der Waals surface area contributed by atoms with Gasteiger partial charge in [0.05, 0.1) is 24.3 Å². The van der Waals surface area contributed by atoms with E-state index in [0.29, 0.717) is 6.42 Å². The van der Waals surface area contributed by atoms with Gasteiger partial charge in [-0.1, -0.05) is 57.4 Å². The Labute approximate surface area is 169 Å². The Morgan fingerprint density at radius 2 is 1.64 bits per heavy atom. The summed E-state index contributed by atoms with van der Waals surface area (Å²) < 4.78 is 11.4. The van der Waals surface area contributed by atoms with Crippen molar-refractivity contribution < 1.29 is 29.6 Å². The Morgan fingerprint density at radius 3 is 2.25 bits per heavy atom. The number of aliphatic carboxylic acids is 1. The molecule has 0 radical (unpaired) electrons. The summed E-state index contributed by atoms with van der Waals surface area (Å²) in [6.45, 7) is 3.81. The predicted octanol–water partition coefficient (Wildman–Crippen LogP) is 2.85. The molecule has 1 aliphatic rings. The maximum absolute atomic E-state index is 10.2. The van der Waals surface area contributed by atoms with Crippen LogP contribution in [0.15, 0.2) is 12.2 Å². The van der Waals surface area contributed by atoms with E-state index in [1.54, 1.807) is 13.0 Å². The lowest BCUT2D eigenvalue weighted by Gasteiger charge is -2.36. The highest BCUT2D eigenvalue weighted by atomic mass is 16.7. The molecule has 1 aliphatic heterocycles. The number of allylic oxidation sites excluding steroid dienone is 1. The predicted molar refractivity (Wildman–Crippen MR) is 106 cm³/mol. The minimum atomic E-state index is -1.12. The van der Waals surface area contributed by atoms with Crippen LogP contribution in [0, 0.1) is 0 Å². The fraction of sp³-hybridized carbons (Fsp3) is 0.864. The van der Waals surface area contributed by atoms with Crippen molar-refractivity contribution in [1.29, 1.82) is 0 Å². The van der Waals surface area contributed by atoms with Crippen molar-refractivity contribution in [3.63, 3.8) is 0 Å². The largest absolute Gasteiger partial charge is 0.545 e. The zero-order chi connectivity index (χ0) is 20.8. The molecule has 0 spiro atoms. The van der Waals surface area contributed by atoms with Gasteiger partial charge in [0.2, 0.25) is 0 Å². The highest BCUT2D eigenvalue weighted by molar-refractivity contribution is 5.77. The number of ether oxygens (including phenoxy) is 2. The molecule has 6 heteroatoms. The number of aliphatic hydroxyl groups excluding tert-OH is 2. The molecule has 0 unspecified atom stereocenters. The number of unbranched alkanes of at least 4 members (excludes halogenated alkanes) is 9. The molecule has 5 atom stereocenters. The SMILES string of the molecule is C[C@H](CCCCCCCCCCC/C=C/C(=O)[O-])O[C@@H]1O[C@@H](C)[C@H](O)C[C@H]1O. The maximum atomic E-state index is 10.2. The normalized spacial score (nSPS) is 26.6. The second-order valence-corrected chi connectivity index (χ2v) is 8.01. The third-order valence-electron chi connectivity index (χ3n) is 5.29. The van der Waals surface area contributed by atoms with Gasteiger partial charge >= 0.3 is 0 Å². The first-order valence-corrected chi connectivity index (χ1v) is 10.9. The number of carbonyl (C=O) groups excluding carboxylic acids is 1. The fourth-order valence-electron chi connectivity index (χ4n) is 3.47. The summed E-state index contributed by atoms with van der Waals surface area (Å²) in [6, 6.07) is 0. The molecule has 0 aromatic heterocycles. The highest BCUT2D eigenvalue weighted by Gasteiger charge is 2.35. The molecule has 0 amide bonds. The molecule has 0 saturated carbocycles.